The van der Waals surface area contributed by atoms with E-state index in [1.54, 1.807) is 6.92 Å². The van der Waals surface area contributed by atoms with E-state index in [4.69, 9.17) is 0 Å². The number of benzene rings is 1. The van der Waals surface area contributed by atoms with Crippen LogP contribution in [0.4, 0.5) is 0 Å². The molecule has 0 aliphatic carbocycles. The molecule has 2 amide bonds. The van der Waals surface area contributed by atoms with Gasteiger partial charge in [0.2, 0.25) is 11.8 Å². The van der Waals surface area contributed by atoms with Crippen LogP contribution in [0, 0.1) is 6.92 Å². The van der Waals surface area contributed by atoms with Gasteiger partial charge >= 0.3 is 7.12 Å². The van der Waals surface area contributed by atoms with Gasteiger partial charge in [-0.3, -0.25) is 9.59 Å². The Kier molecular flexibility index (Phi) is 7.51. The average molecular weight is 318 g/mol. The van der Waals surface area contributed by atoms with E-state index >= 15 is 0 Å². The van der Waals surface area contributed by atoms with Crippen LogP contribution < -0.4 is 10.6 Å². The maximum Gasteiger partial charge on any atom is 0.475 e. The standard InChI is InChI=1S/C16H23BN2O4/c1-4-11(2)16(21)18-10-15(20)19-14(17(22)23)9-13-8-6-5-7-12(13)3/h5-8,14,22-23H,2,4,9-10H2,1,3H3,(H,18,21)(H,19,20)/t14-/m0/s1. The van der Waals surface area contributed by atoms with E-state index in [-0.39, 0.29) is 18.9 Å². The number of nitrogens with one attached hydrogen (secondary N) is 2. The summed E-state index contributed by atoms with van der Waals surface area (Å²) in [5.41, 5.74) is 2.30. The van der Waals surface area contributed by atoms with Crippen molar-refractivity contribution in [2.45, 2.75) is 32.6 Å². The maximum absolute atomic E-state index is 11.9. The molecule has 0 fully saturated rings. The summed E-state index contributed by atoms with van der Waals surface area (Å²) in [6.45, 7) is 7.05. The van der Waals surface area contributed by atoms with Crippen molar-refractivity contribution in [2.75, 3.05) is 6.54 Å². The molecule has 1 rings (SSSR count). The van der Waals surface area contributed by atoms with Crippen molar-refractivity contribution in [1.82, 2.24) is 10.6 Å². The highest BCUT2D eigenvalue weighted by Crippen LogP contribution is 2.10. The Labute approximate surface area is 136 Å². The van der Waals surface area contributed by atoms with Crippen LogP contribution in [0.25, 0.3) is 0 Å². The minimum atomic E-state index is -1.69. The van der Waals surface area contributed by atoms with Gasteiger partial charge in [0.25, 0.3) is 0 Å². The Bertz CT molecular complexity index is 575. The second kappa shape index (κ2) is 9.12. The number of hydrogen-bond acceptors (Lipinski definition) is 4. The molecule has 124 valence electrons. The first-order valence-electron chi connectivity index (χ1n) is 7.51. The Morgan fingerprint density at radius 1 is 1.30 bits per heavy atom. The molecule has 0 aliphatic heterocycles. The molecule has 0 spiro atoms. The van der Waals surface area contributed by atoms with Gasteiger partial charge in [0.05, 0.1) is 12.5 Å². The number of rotatable bonds is 8. The zero-order chi connectivity index (χ0) is 17.4. The van der Waals surface area contributed by atoms with E-state index < -0.39 is 19.0 Å². The van der Waals surface area contributed by atoms with Crippen molar-refractivity contribution < 1.29 is 19.6 Å². The average Bonchev–Trinajstić information content (AvgIpc) is 2.52. The molecule has 23 heavy (non-hydrogen) atoms. The minimum Gasteiger partial charge on any atom is -0.426 e. The Morgan fingerprint density at radius 2 is 1.96 bits per heavy atom. The first-order valence-corrected chi connectivity index (χ1v) is 7.51. The first-order chi connectivity index (χ1) is 10.8. The highest BCUT2D eigenvalue weighted by molar-refractivity contribution is 6.43. The summed E-state index contributed by atoms with van der Waals surface area (Å²) in [7, 11) is -1.69. The predicted molar refractivity (Wildman–Crippen MR) is 89.4 cm³/mol. The van der Waals surface area contributed by atoms with Gasteiger partial charge in [0.15, 0.2) is 0 Å². The fraction of sp³-hybridized carbons (Fsp3) is 0.375. The molecule has 0 radical (unpaired) electrons. The molecule has 0 bridgehead atoms. The van der Waals surface area contributed by atoms with Gasteiger partial charge in [-0.1, -0.05) is 37.8 Å². The molecular weight excluding hydrogens is 295 g/mol. The molecule has 0 saturated carbocycles. The van der Waals surface area contributed by atoms with Crippen LogP contribution in [-0.2, 0) is 16.0 Å². The van der Waals surface area contributed by atoms with Crippen molar-refractivity contribution in [3.63, 3.8) is 0 Å². The summed E-state index contributed by atoms with van der Waals surface area (Å²) in [6.07, 6.45) is 0.782. The van der Waals surface area contributed by atoms with Crippen molar-refractivity contribution in [1.29, 1.82) is 0 Å². The lowest BCUT2D eigenvalue weighted by Gasteiger charge is -2.19. The molecule has 1 atom stereocenters. The predicted octanol–water partition coefficient (Wildman–Crippen LogP) is 0.117. The SMILES string of the molecule is C=C(CC)C(=O)NCC(=O)N[C@@H](Cc1ccccc1C)B(O)O. The topological polar surface area (TPSA) is 98.7 Å². The number of hydrogen-bond donors (Lipinski definition) is 4. The first kappa shape index (κ1) is 18.9. The summed E-state index contributed by atoms with van der Waals surface area (Å²) in [4.78, 5) is 23.4. The fourth-order valence-corrected chi connectivity index (χ4v) is 2.01. The highest BCUT2D eigenvalue weighted by atomic mass is 16.4. The van der Waals surface area contributed by atoms with Crippen molar-refractivity contribution in [3.8, 4) is 0 Å². The Balaban J connectivity index is 2.59. The van der Waals surface area contributed by atoms with Crippen molar-refractivity contribution in [2.24, 2.45) is 0 Å². The summed E-state index contributed by atoms with van der Waals surface area (Å²) in [5.74, 6) is -1.73. The van der Waals surface area contributed by atoms with E-state index in [0.717, 1.165) is 11.1 Å². The largest absolute Gasteiger partial charge is 0.475 e. The molecule has 6 nitrogen and oxygen atoms in total. The molecule has 0 unspecified atom stereocenters. The third kappa shape index (κ3) is 6.26. The van der Waals surface area contributed by atoms with Gasteiger partial charge in [0.1, 0.15) is 0 Å². The van der Waals surface area contributed by atoms with Gasteiger partial charge in [0, 0.05) is 5.57 Å². The van der Waals surface area contributed by atoms with E-state index in [0.29, 0.717) is 12.0 Å². The quantitative estimate of drug-likeness (QED) is 0.404. The van der Waals surface area contributed by atoms with Gasteiger partial charge in [-0.2, -0.15) is 0 Å². The highest BCUT2D eigenvalue weighted by Gasteiger charge is 2.26. The smallest absolute Gasteiger partial charge is 0.426 e. The van der Waals surface area contributed by atoms with Gasteiger partial charge in [-0.05, 0) is 30.9 Å². The molecule has 1 aromatic carbocycles. The Hall–Kier alpha value is -2.12. The lowest BCUT2D eigenvalue weighted by Crippen LogP contribution is -2.50. The molecule has 0 aromatic heterocycles. The summed E-state index contributed by atoms with van der Waals surface area (Å²) < 4.78 is 0. The lowest BCUT2D eigenvalue weighted by atomic mass is 9.75. The molecule has 0 heterocycles. The van der Waals surface area contributed by atoms with Crippen LogP contribution in [0.3, 0.4) is 0 Å². The minimum absolute atomic E-state index is 0.241. The summed E-state index contributed by atoms with van der Waals surface area (Å²) >= 11 is 0. The van der Waals surface area contributed by atoms with Crippen molar-refractivity contribution >= 4 is 18.9 Å². The van der Waals surface area contributed by atoms with Gasteiger partial charge in [-0.15, -0.1) is 0 Å². The zero-order valence-electron chi connectivity index (χ0n) is 13.5. The second-order valence-electron chi connectivity index (χ2n) is 5.36. The van der Waals surface area contributed by atoms with Gasteiger partial charge < -0.3 is 20.7 Å². The molecule has 7 heteroatoms. The maximum atomic E-state index is 11.9. The molecule has 4 N–H and O–H groups in total. The second-order valence-corrected chi connectivity index (χ2v) is 5.36. The number of carbonyl (C=O) groups is 2. The van der Waals surface area contributed by atoms with Crippen LogP contribution in [0.5, 0.6) is 0 Å². The summed E-state index contributed by atoms with van der Waals surface area (Å²) in [6, 6.07) is 7.51. The van der Waals surface area contributed by atoms with Gasteiger partial charge in [-0.25, -0.2) is 0 Å². The monoisotopic (exact) mass is 318 g/mol. The van der Waals surface area contributed by atoms with E-state index in [2.05, 4.69) is 17.2 Å². The Morgan fingerprint density at radius 3 is 2.52 bits per heavy atom. The zero-order valence-corrected chi connectivity index (χ0v) is 13.5. The van der Waals surface area contributed by atoms with Crippen LogP contribution >= 0.6 is 0 Å². The fourth-order valence-electron chi connectivity index (χ4n) is 2.01. The normalized spacial score (nSPS) is 11.5. The molecule has 0 saturated heterocycles. The van der Waals surface area contributed by atoms with Crippen molar-refractivity contribution in [3.05, 3.63) is 47.5 Å². The van der Waals surface area contributed by atoms with Crippen LogP contribution in [-0.4, -0.2) is 41.5 Å². The van der Waals surface area contributed by atoms with E-state index in [1.807, 2.05) is 31.2 Å². The summed E-state index contributed by atoms with van der Waals surface area (Å²) in [5, 5.41) is 23.9. The lowest BCUT2D eigenvalue weighted by molar-refractivity contribution is -0.124. The third-order valence-corrected chi connectivity index (χ3v) is 3.56. The van der Waals surface area contributed by atoms with E-state index in [1.165, 1.54) is 0 Å². The van der Waals surface area contributed by atoms with Crippen LogP contribution in [0.15, 0.2) is 36.4 Å². The van der Waals surface area contributed by atoms with Crippen LogP contribution in [0.2, 0.25) is 0 Å². The number of aryl methyl sites for hydroxylation is 1. The molecular formula is C16H23BN2O4. The number of carbonyl (C=O) groups excluding carboxylic acids is 2. The molecule has 1 aromatic rings. The number of amides is 2. The van der Waals surface area contributed by atoms with E-state index in [9.17, 15) is 19.6 Å². The third-order valence-electron chi connectivity index (χ3n) is 3.56. The molecule has 0 aliphatic rings. The van der Waals surface area contributed by atoms with Crippen LogP contribution in [0.1, 0.15) is 24.5 Å².